The molecule has 0 aliphatic carbocycles. The van der Waals surface area contributed by atoms with Crippen LogP contribution in [0.1, 0.15) is 31.2 Å². The largest absolute Gasteiger partial charge is 0.465 e. The number of thiazole rings is 1. The smallest absolute Gasteiger partial charge is 0.337 e. The number of hydrazone groups is 1. The molecular weight excluding hydrogens is 494 g/mol. The van der Waals surface area contributed by atoms with Gasteiger partial charge in [-0.1, -0.05) is 51.0 Å². The summed E-state index contributed by atoms with van der Waals surface area (Å²) >= 11 is 10.5. The van der Waals surface area contributed by atoms with Crippen LogP contribution in [0.5, 0.6) is 0 Å². The van der Waals surface area contributed by atoms with Crippen molar-refractivity contribution < 1.29 is 14.3 Å². The Bertz CT molecular complexity index is 1170. The molecule has 1 N–H and O–H groups in total. The van der Waals surface area contributed by atoms with Crippen molar-refractivity contribution in [3.63, 3.8) is 0 Å². The third kappa shape index (κ3) is 5.24. The number of hydrogen-bond acceptors (Lipinski definition) is 6. The van der Waals surface area contributed by atoms with Gasteiger partial charge in [-0.3, -0.25) is 14.2 Å². The fourth-order valence-electron chi connectivity index (χ4n) is 2.53. The minimum Gasteiger partial charge on any atom is -0.465 e. The number of aromatic nitrogens is 1. The maximum Gasteiger partial charge on any atom is 0.337 e. The Labute approximate surface area is 189 Å². The minimum atomic E-state index is -0.463. The molecule has 0 atom stereocenters. The number of carbonyl (C=O) groups excluding carboxylic acids is 2. The van der Waals surface area contributed by atoms with E-state index >= 15 is 0 Å². The lowest BCUT2D eigenvalue weighted by molar-refractivity contribution is 0.0600. The van der Waals surface area contributed by atoms with E-state index in [1.165, 1.54) is 17.9 Å². The number of carbonyl (C=O) groups is 2. The normalized spacial score (nSPS) is 10.9. The summed E-state index contributed by atoms with van der Waals surface area (Å²) in [6.07, 6.45) is 1.33. The van der Waals surface area contributed by atoms with Crippen LogP contribution in [-0.2, 0) is 11.3 Å². The number of rotatable bonds is 6. The Hall–Kier alpha value is -2.75. The number of amides is 1. The second-order valence-corrected chi connectivity index (χ2v) is 8.27. The van der Waals surface area contributed by atoms with Crippen LogP contribution in [0, 0.1) is 0 Å². The SMILES string of the molecule is COC(=O)c1cccc(Cn2c(Cl)c(/C=N/NC(=O)c3ccc(Br)cc3)sc2=O)c1. The van der Waals surface area contributed by atoms with Crippen LogP contribution in [0.3, 0.4) is 0 Å². The Balaban J connectivity index is 1.73. The van der Waals surface area contributed by atoms with Crippen LogP contribution in [0.15, 0.2) is 62.9 Å². The molecule has 0 bridgehead atoms. The van der Waals surface area contributed by atoms with E-state index in [0.29, 0.717) is 21.6 Å². The van der Waals surface area contributed by atoms with Crippen molar-refractivity contribution in [3.8, 4) is 0 Å². The molecule has 2 aromatic carbocycles. The molecule has 7 nitrogen and oxygen atoms in total. The molecule has 3 aromatic rings. The maximum atomic E-state index is 12.3. The topological polar surface area (TPSA) is 89.8 Å². The molecule has 0 saturated carbocycles. The van der Waals surface area contributed by atoms with Gasteiger partial charge in [0, 0.05) is 10.0 Å². The highest BCUT2D eigenvalue weighted by Gasteiger charge is 2.13. The lowest BCUT2D eigenvalue weighted by Gasteiger charge is -2.06. The summed E-state index contributed by atoms with van der Waals surface area (Å²) in [7, 11) is 1.30. The molecule has 0 fully saturated rings. The Morgan fingerprint density at radius 2 is 1.97 bits per heavy atom. The lowest BCUT2D eigenvalue weighted by atomic mass is 10.1. The van der Waals surface area contributed by atoms with Gasteiger partial charge in [-0.05, 0) is 42.0 Å². The van der Waals surface area contributed by atoms with E-state index in [1.54, 1.807) is 48.5 Å². The molecule has 10 heteroatoms. The summed E-state index contributed by atoms with van der Waals surface area (Å²) in [6, 6.07) is 13.5. The van der Waals surface area contributed by atoms with Gasteiger partial charge in [0.1, 0.15) is 5.15 Å². The number of esters is 1. The van der Waals surface area contributed by atoms with Crippen LogP contribution < -0.4 is 10.3 Å². The molecule has 154 valence electrons. The zero-order valence-corrected chi connectivity index (χ0v) is 18.8. The zero-order chi connectivity index (χ0) is 21.7. The highest BCUT2D eigenvalue weighted by molar-refractivity contribution is 9.10. The van der Waals surface area contributed by atoms with Crippen LogP contribution in [0.25, 0.3) is 0 Å². The molecule has 0 spiro atoms. The van der Waals surface area contributed by atoms with Gasteiger partial charge in [0.25, 0.3) is 5.91 Å². The fourth-order valence-corrected chi connectivity index (χ4v) is 3.90. The third-order valence-corrected chi connectivity index (χ3v) is 5.96. The van der Waals surface area contributed by atoms with Gasteiger partial charge in [-0.2, -0.15) is 5.10 Å². The zero-order valence-electron chi connectivity index (χ0n) is 15.6. The molecule has 0 aliphatic rings. The van der Waals surface area contributed by atoms with Crippen molar-refractivity contribution >= 4 is 57.0 Å². The Kier molecular flexibility index (Phi) is 7.20. The average molecular weight is 509 g/mol. The van der Waals surface area contributed by atoms with Crippen molar-refractivity contribution in [1.29, 1.82) is 0 Å². The maximum absolute atomic E-state index is 12.3. The van der Waals surface area contributed by atoms with Gasteiger partial charge in [0.15, 0.2) is 0 Å². The quantitative estimate of drug-likeness (QED) is 0.310. The molecule has 3 rings (SSSR count). The van der Waals surface area contributed by atoms with E-state index in [4.69, 9.17) is 16.3 Å². The van der Waals surface area contributed by atoms with E-state index in [0.717, 1.165) is 15.8 Å². The van der Waals surface area contributed by atoms with Gasteiger partial charge >= 0.3 is 10.8 Å². The number of nitrogens with one attached hydrogen (secondary N) is 1. The first-order valence-corrected chi connectivity index (χ1v) is 10.5. The summed E-state index contributed by atoms with van der Waals surface area (Å²) in [5, 5.41) is 4.08. The summed E-state index contributed by atoms with van der Waals surface area (Å²) in [5.74, 6) is -0.851. The highest BCUT2D eigenvalue weighted by atomic mass is 79.9. The molecule has 1 amide bonds. The first-order valence-electron chi connectivity index (χ1n) is 8.54. The van der Waals surface area contributed by atoms with E-state index in [-0.39, 0.29) is 22.5 Å². The first-order chi connectivity index (χ1) is 14.4. The molecule has 0 unspecified atom stereocenters. The van der Waals surface area contributed by atoms with Gasteiger partial charge in [0.2, 0.25) is 0 Å². The van der Waals surface area contributed by atoms with Crippen LogP contribution in [-0.4, -0.2) is 29.8 Å². The van der Waals surface area contributed by atoms with Gasteiger partial charge in [-0.15, -0.1) is 0 Å². The first kappa shape index (κ1) is 21.9. The molecule has 1 heterocycles. The van der Waals surface area contributed by atoms with Crippen molar-refractivity contribution in [3.05, 3.63) is 89.4 Å². The van der Waals surface area contributed by atoms with Crippen LogP contribution >= 0.6 is 38.9 Å². The average Bonchev–Trinajstić information content (AvgIpc) is 3.01. The van der Waals surface area contributed by atoms with E-state index in [2.05, 4.69) is 26.5 Å². The van der Waals surface area contributed by atoms with Gasteiger partial charge < -0.3 is 4.74 Å². The molecule has 0 saturated heterocycles. The molecule has 0 aliphatic heterocycles. The highest BCUT2D eigenvalue weighted by Crippen LogP contribution is 2.19. The summed E-state index contributed by atoms with van der Waals surface area (Å²) < 4.78 is 6.93. The van der Waals surface area contributed by atoms with E-state index in [9.17, 15) is 14.4 Å². The van der Waals surface area contributed by atoms with E-state index < -0.39 is 5.97 Å². The lowest BCUT2D eigenvalue weighted by Crippen LogP contribution is -2.17. The predicted octanol–water partition coefficient (Wildman–Crippen LogP) is 3.92. The summed E-state index contributed by atoms with van der Waals surface area (Å²) in [5.41, 5.74) is 3.94. The fraction of sp³-hybridized carbons (Fsp3) is 0.100. The van der Waals surface area contributed by atoms with Crippen molar-refractivity contribution in [1.82, 2.24) is 9.99 Å². The summed E-state index contributed by atoms with van der Waals surface area (Å²) in [6.45, 7) is 0.179. The summed E-state index contributed by atoms with van der Waals surface area (Å²) in [4.78, 5) is 36.2. The predicted molar refractivity (Wildman–Crippen MR) is 120 cm³/mol. The molecule has 0 radical (unpaired) electrons. The van der Waals surface area contributed by atoms with Crippen molar-refractivity contribution in [2.75, 3.05) is 7.11 Å². The van der Waals surface area contributed by atoms with E-state index in [1.807, 2.05) is 0 Å². The molecule has 30 heavy (non-hydrogen) atoms. The van der Waals surface area contributed by atoms with Crippen molar-refractivity contribution in [2.45, 2.75) is 6.54 Å². The number of halogens is 2. The number of methoxy groups -OCH3 is 1. The Morgan fingerprint density at radius 3 is 2.67 bits per heavy atom. The van der Waals surface area contributed by atoms with Crippen molar-refractivity contribution in [2.24, 2.45) is 5.10 Å². The number of ether oxygens (including phenoxy) is 1. The monoisotopic (exact) mass is 507 g/mol. The second kappa shape index (κ2) is 9.84. The Morgan fingerprint density at radius 1 is 1.23 bits per heavy atom. The van der Waals surface area contributed by atoms with Crippen LogP contribution in [0.4, 0.5) is 0 Å². The number of nitrogens with zero attached hydrogens (tertiary/aromatic N) is 2. The minimum absolute atomic E-state index is 0.179. The van der Waals surface area contributed by atoms with Crippen LogP contribution in [0.2, 0.25) is 5.15 Å². The standard InChI is InChI=1S/C20H15BrClN3O4S/c1-29-19(27)14-4-2-3-12(9-14)11-25-17(22)16(30-20(25)28)10-23-24-18(26)13-5-7-15(21)8-6-13/h2-10H,11H2,1H3,(H,24,26)/b23-10+. The van der Waals surface area contributed by atoms with Gasteiger partial charge in [-0.25, -0.2) is 10.2 Å². The number of hydrogen-bond donors (Lipinski definition) is 1. The second-order valence-electron chi connectivity index (χ2n) is 6.01. The molecular formula is C20H15BrClN3O4S. The third-order valence-electron chi connectivity index (χ3n) is 4.00. The molecule has 1 aromatic heterocycles. The van der Waals surface area contributed by atoms with Gasteiger partial charge in [0.05, 0.1) is 30.3 Å². The number of benzene rings is 2.